The number of alkyl carbamates (subject to hydrolysis) is 1. The van der Waals surface area contributed by atoms with Crippen LogP contribution in [-0.2, 0) is 4.74 Å². The van der Waals surface area contributed by atoms with Gasteiger partial charge in [-0.1, -0.05) is 0 Å². The van der Waals surface area contributed by atoms with Gasteiger partial charge in [-0.15, -0.1) is 0 Å². The second kappa shape index (κ2) is 4.16. The SMILES string of the molecule is NCCNC(=O)OC12CC3CC(CC(C3)C1)C2. The largest absolute Gasteiger partial charge is 0.443 e. The van der Waals surface area contributed by atoms with Gasteiger partial charge in [0.05, 0.1) is 0 Å². The number of carbonyl (C=O) groups excluding carboxylic acids is 1. The Bertz CT molecular complexity index is 281. The number of carbonyl (C=O) groups is 1. The molecule has 0 aromatic rings. The molecule has 0 atom stereocenters. The summed E-state index contributed by atoms with van der Waals surface area (Å²) >= 11 is 0. The second-order valence-electron chi connectivity index (χ2n) is 6.21. The van der Waals surface area contributed by atoms with Crippen LogP contribution in [0.4, 0.5) is 4.79 Å². The molecular weight excluding hydrogens is 216 g/mol. The van der Waals surface area contributed by atoms with Gasteiger partial charge in [-0.05, 0) is 56.3 Å². The lowest BCUT2D eigenvalue weighted by Crippen LogP contribution is -2.53. The van der Waals surface area contributed by atoms with E-state index in [0.717, 1.165) is 37.0 Å². The van der Waals surface area contributed by atoms with E-state index in [4.69, 9.17) is 10.5 Å². The lowest BCUT2D eigenvalue weighted by molar-refractivity contribution is -0.127. The van der Waals surface area contributed by atoms with E-state index in [1.54, 1.807) is 0 Å². The Morgan fingerprint density at radius 2 is 1.71 bits per heavy atom. The molecule has 0 aromatic carbocycles. The van der Waals surface area contributed by atoms with Crippen molar-refractivity contribution in [3.63, 3.8) is 0 Å². The summed E-state index contributed by atoms with van der Waals surface area (Å²) in [5.74, 6) is 2.43. The zero-order valence-corrected chi connectivity index (χ0v) is 10.3. The fraction of sp³-hybridized carbons (Fsp3) is 0.923. The van der Waals surface area contributed by atoms with Crippen molar-refractivity contribution in [2.75, 3.05) is 13.1 Å². The molecule has 4 aliphatic carbocycles. The summed E-state index contributed by atoms with van der Waals surface area (Å²) in [5, 5.41) is 2.72. The number of nitrogens with one attached hydrogen (secondary N) is 1. The predicted molar refractivity (Wildman–Crippen MR) is 64.4 cm³/mol. The zero-order chi connectivity index (χ0) is 11.9. The van der Waals surface area contributed by atoms with E-state index in [1.807, 2.05) is 0 Å². The quantitative estimate of drug-likeness (QED) is 0.785. The fourth-order valence-corrected chi connectivity index (χ4v) is 4.56. The summed E-state index contributed by atoms with van der Waals surface area (Å²) in [4.78, 5) is 11.7. The van der Waals surface area contributed by atoms with Gasteiger partial charge in [0.1, 0.15) is 5.60 Å². The van der Waals surface area contributed by atoms with Crippen LogP contribution in [0.25, 0.3) is 0 Å². The van der Waals surface area contributed by atoms with Crippen molar-refractivity contribution >= 4 is 6.09 Å². The number of ether oxygens (including phenoxy) is 1. The summed E-state index contributed by atoms with van der Waals surface area (Å²) in [6, 6.07) is 0. The van der Waals surface area contributed by atoms with Crippen molar-refractivity contribution in [3.05, 3.63) is 0 Å². The molecule has 0 saturated heterocycles. The smallest absolute Gasteiger partial charge is 0.407 e. The van der Waals surface area contributed by atoms with E-state index in [0.29, 0.717) is 13.1 Å². The summed E-state index contributed by atoms with van der Waals surface area (Å²) < 4.78 is 5.75. The molecule has 1 amide bonds. The lowest BCUT2D eigenvalue weighted by Gasteiger charge is -2.55. The predicted octanol–water partition coefficient (Wildman–Crippen LogP) is 1.64. The van der Waals surface area contributed by atoms with Gasteiger partial charge in [-0.3, -0.25) is 0 Å². The summed E-state index contributed by atoms with van der Waals surface area (Å²) in [6.07, 6.45) is 7.11. The Balaban J connectivity index is 1.64. The van der Waals surface area contributed by atoms with Crippen molar-refractivity contribution in [2.24, 2.45) is 23.5 Å². The molecule has 17 heavy (non-hydrogen) atoms. The van der Waals surface area contributed by atoms with Crippen LogP contribution in [0.5, 0.6) is 0 Å². The van der Waals surface area contributed by atoms with Crippen LogP contribution < -0.4 is 11.1 Å². The maximum atomic E-state index is 11.7. The molecule has 96 valence electrons. The Labute approximate surface area is 102 Å². The Morgan fingerprint density at radius 3 is 2.18 bits per heavy atom. The lowest BCUT2D eigenvalue weighted by atomic mass is 9.54. The minimum Gasteiger partial charge on any atom is -0.443 e. The average Bonchev–Trinajstić information content (AvgIpc) is 2.23. The summed E-state index contributed by atoms with van der Waals surface area (Å²) in [6.45, 7) is 0.973. The normalized spacial score (nSPS) is 42.5. The number of hydrogen-bond donors (Lipinski definition) is 2. The monoisotopic (exact) mass is 238 g/mol. The molecule has 4 saturated carbocycles. The van der Waals surface area contributed by atoms with Crippen molar-refractivity contribution in [3.8, 4) is 0 Å². The first-order valence-electron chi connectivity index (χ1n) is 6.86. The van der Waals surface area contributed by atoms with Crippen LogP contribution in [0.1, 0.15) is 38.5 Å². The van der Waals surface area contributed by atoms with E-state index in [-0.39, 0.29) is 11.7 Å². The standard InChI is InChI=1S/C13H22N2O2/c14-1-2-15-12(16)17-13-6-9-3-10(7-13)5-11(4-9)8-13/h9-11H,1-8,14H2,(H,15,16). The molecular formula is C13H22N2O2. The molecule has 0 aliphatic heterocycles. The van der Waals surface area contributed by atoms with Gasteiger partial charge in [-0.2, -0.15) is 0 Å². The Hall–Kier alpha value is -0.770. The number of amides is 1. The van der Waals surface area contributed by atoms with Gasteiger partial charge in [0.25, 0.3) is 0 Å². The van der Waals surface area contributed by atoms with Crippen LogP contribution in [-0.4, -0.2) is 24.8 Å². The maximum absolute atomic E-state index is 11.7. The third-order valence-corrected chi connectivity index (χ3v) is 4.70. The van der Waals surface area contributed by atoms with Crippen molar-refractivity contribution in [1.82, 2.24) is 5.32 Å². The fourth-order valence-electron chi connectivity index (χ4n) is 4.56. The molecule has 4 aliphatic rings. The number of hydrogen-bond acceptors (Lipinski definition) is 3. The van der Waals surface area contributed by atoms with Gasteiger partial charge < -0.3 is 15.8 Å². The summed E-state index contributed by atoms with van der Waals surface area (Å²) in [5.41, 5.74) is 5.24. The highest BCUT2D eigenvalue weighted by Crippen LogP contribution is 2.57. The molecule has 4 heteroatoms. The Kier molecular flexibility index (Phi) is 2.77. The molecule has 4 fully saturated rings. The van der Waals surface area contributed by atoms with E-state index in [2.05, 4.69) is 5.32 Å². The molecule has 3 N–H and O–H groups in total. The van der Waals surface area contributed by atoms with Crippen LogP contribution >= 0.6 is 0 Å². The van der Waals surface area contributed by atoms with Crippen LogP contribution in [0.15, 0.2) is 0 Å². The van der Waals surface area contributed by atoms with E-state index in [9.17, 15) is 4.79 Å². The molecule has 4 bridgehead atoms. The second-order valence-corrected chi connectivity index (χ2v) is 6.21. The highest BCUT2D eigenvalue weighted by atomic mass is 16.6. The van der Waals surface area contributed by atoms with Crippen LogP contribution in [0, 0.1) is 17.8 Å². The van der Waals surface area contributed by atoms with Crippen LogP contribution in [0.3, 0.4) is 0 Å². The van der Waals surface area contributed by atoms with Gasteiger partial charge in [-0.25, -0.2) is 4.79 Å². The first kappa shape index (κ1) is 11.3. The first-order chi connectivity index (χ1) is 8.19. The molecule has 4 rings (SSSR count). The minimum absolute atomic E-state index is 0.132. The highest BCUT2D eigenvalue weighted by molar-refractivity contribution is 5.67. The van der Waals surface area contributed by atoms with E-state index >= 15 is 0 Å². The van der Waals surface area contributed by atoms with Gasteiger partial charge in [0.15, 0.2) is 0 Å². The van der Waals surface area contributed by atoms with Crippen molar-refractivity contribution in [2.45, 2.75) is 44.1 Å². The Morgan fingerprint density at radius 1 is 1.18 bits per heavy atom. The van der Waals surface area contributed by atoms with E-state index in [1.165, 1.54) is 19.3 Å². The molecule has 0 aromatic heterocycles. The van der Waals surface area contributed by atoms with E-state index < -0.39 is 0 Å². The molecule has 0 radical (unpaired) electrons. The number of rotatable bonds is 3. The number of nitrogens with two attached hydrogens (primary N) is 1. The molecule has 0 spiro atoms. The molecule has 0 heterocycles. The average molecular weight is 238 g/mol. The third kappa shape index (κ3) is 2.15. The first-order valence-corrected chi connectivity index (χ1v) is 6.86. The van der Waals surface area contributed by atoms with Crippen LogP contribution in [0.2, 0.25) is 0 Å². The topological polar surface area (TPSA) is 64.3 Å². The maximum Gasteiger partial charge on any atom is 0.407 e. The third-order valence-electron chi connectivity index (χ3n) is 4.70. The molecule has 4 nitrogen and oxygen atoms in total. The zero-order valence-electron chi connectivity index (χ0n) is 10.3. The highest BCUT2D eigenvalue weighted by Gasteiger charge is 2.53. The minimum atomic E-state index is -0.266. The van der Waals surface area contributed by atoms with Gasteiger partial charge >= 0.3 is 6.09 Å². The molecule has 0 unspecified atom stereocenters. The van der Waals surface area contributed by atoms with Crippen molar-refractivity contribution in [1.29, 1.82) is 0 Å². The summed E-state index contributed by atoms with van der Waals surface area (Å²) in [7, 11) is 0. The van der Waals surface area contributed by atoms with Gasteiger partial charge in [0.2, 0.25) is 0 Å². The van der Waals surface area contributed by atoms with Crippen molar-refractivity contribution < 1.29 is 9.53 Å². The van der Waals surface area contributed by atoms with Gasteiger partial charge in [0, 0.05) is 13.1 Å².